The molecule has 3 aromatic rings. The number of thiazole rings is 1. The van der Waals surface area contributed by atoms with Crippen molar-refractivity contribution < 1.29 is 4.79 Å². The molecule has 0 bridgehead atoms. The van der Waals surface area contributed by atoms with Gasteiger partial charge in [-0.25, -0.2) is 4.98 Å². The van der Waals surface area contributed by atoms with E-state index in [4.69, 9.17) is 16.9 Å². The van der Waals surface area contributed by atoms with Gasteiger partial charge in [-0.15, -0.1) is 11.3 Å². The molecule has 0 saturated carbocycles. The van der Waals surface area contributed by atoms with Crippen LogP contribution in [-0.2, 0) is 0 Å². The molecule has 1 aromatic heterocycles. The lowest BCUT2D eigenvalue weighted by molar-refractivity contribution is 0.100. The van der Waals surface area contributed by atoms with Crippen LogP contribution in [0.25, 0.3) is 11.3 Å². The number of carbonyl (C=O) groups excluding carboxylic acids is 1. The number of benzene rings is 2. The summed E-state index contributed by atoms with van der Waals surface area (Å²) in [4.78, 5) is 20.3. The van der Waals surface area contributed by atoms with E-state index >= 15 is 0 Å². The second-order valence-corrected chi connectivity index (χ2v) is 6.31. The van der Waals surface area contributed by atoms with Crippen molar-refractivity contribution in [1.82, 2.24) is 4.98 Å². The standard InChI is InChI=1S/C18H17N7OS/c19-16(20)25-18-23-14(10-27-18)12-7-4-8-13(9-12)22-17(21)24-15(26)11-5-2-1-3-6-11/h1-10H,(H4,19,20,23,25)(H3,21,22,24,26). The Bertz CT molecular complexity index is 998. The van der Waals surface area contributed by atoms with Crippen LogP contribution in [0.3, 0.4) is 0 Å². The van der Waals surface area contributed by atoms with E-state index in [0.29, 0.717) is 16.4 Å². The molecular formula is C18H17N7OS. The number of carbonyl (C=O) groups is 1. The van der Waals surface area contributed by atoms with Gasteiger partial charge in [-0.1, -0.05) is 30.3 Å². The fourth-order valence-corrected chi connectivity index (χ4v) is 3.00. The Balaban J connectivity index is 1.73. The van der Waals surface area contributed by atoms with E-state index in [2.05, 4.69) is 20.6 Å². The molecule has 27 heavy (non-hydrogen) atoms. The van der Waals surface area contributed by atoms with Crippen LogP contribution in [0.5, 0.6) is 0 Å². The maximum Gasteiger partial charge on any atom is 0.280 e. The van der Waals surface area contributed by atoms with Gasteiger partial charge in [0.25, 0.3) is 5.91 Å². The number of guanidine groups is 2. The first-order chi connectivity index (χ1) is 13.0. The lowest BCUT2D eigenvalue weighted by Crippen LogP contribution is -2.24. The Hall–Kier alpha value is -3.72. The number of hydrogen-bond acceptors (Lipinski definition) is 4. The monoisotopic (exact) mass is 379 g/mol. The molecule has 7 N–H and O–H groups in total. The second kappa shape index (κ2) is 8.11. The number of nitrogens with one attached hydrogen (secondary N) is 3. The van der Waals surface area contributed by atoms with E-state index in [1.807, 2.05) is 29.6 Å². The Morgan fingerprint density at radius 3 is 2.59 bits per heavy atom. The second-order valence-electron chi connectivity index (χ2n) is 5.45. The zero-order valence-electron chi connectivity index (χ0n) is 14.1. The maximum absolute atomic E-state index is 12.1. The van der Waals surface area contributed by atoms with Crippen LogP contribution in [0, 0.1) is 5.41 Å². The van der Waals surface area contributed by atoms with Crippen molar-refractivity contribution in [3.05, 3.63) is 65.5 Å². The fourth-order valence-electron chi connectivity index (χ4n) is 2.27. The van der Waals surface area contributed by atoms with Crippen LogP contribution in [0.15, 0.2) is 65.0 Å². The van der Waals surface area contributed by atoms with Gasteiger partial charge >= 0.3 is 0 Å². The van der Waals surface area contributed by atoms with Crippen LogP contribution in [-0.4, -0.2) is 22.8 Å². The summed E-state index contributed by atoms with van der Waals surface area (Å²) in [6.45, 7) is 0. The van der Waals surface area contributed by atoms with Crippen LogP contribution in [0.4, 0.5) is 10.8 Å². The van der Waals surface area contributed by atoms with Gasteiger partial charge in [0, 0.05) is 22.2 Å². The topological polar surface area (TPSA) is 142 Å². The van der Waals surface area contributed by atoms with Gasteiger partial charge in [-0.2, -0.15) is 4.99 Å². The van der Waals surface area contributed by atoms with Gasteiger partial charge in [0.1, 0.15) is 0 Å². The van der Waals surface area contributed by atoms with Crippen molar-refractivity contribution >= 4 is 40.0 Å². The third-order valence-corrected chi connectivity index (χ3v) is 4.18. The maximum atomic E-state index is 12.1. The number of aliphatic imine (C=N–C) groups is 1. The van der Waals surface area contributed by atoms with E-state index in [-0.39, 0.29) is 11.9 Å². The van der Waals surface area contributed by atoms with Gasteiger partial charge in [-0.05, 0) is 24.3 Å². The first kappa shape index (κ1) is 18.1. The summed E-state index contributed by atoms with van der Waals surface area (Å²) in [6, 6.07) is 16.1. The number of amides is 1. The first-order valence-corrected chi connectivity index (χ1v) is 8.77. The number of aromatic nitrogens is 1. The average molecular weight is 379 g/mol. The van der Waals surface area contributed by atoms with Gasteiger partial charge in [0.2, 0.25) is 5.96 Å². The molecule has 1 amide bonds. The van der Waals surface area contributed by atoms with Crippen LogP contribution in [0.1, 0.15) is 10.4 Å². The van der Waals surface area contributed by atoms with Crippen LogP contribution < -0.4 is 22.1 Å². The highest BCUT2D eigenvalue weighted by atomic mass is 32.1. The normalized spacial score (nSPS) is 11.0. The number of hydrogen-bond donors (Lipinski definition) is 5. The minimum absolute atomic E-state index is 0.00165. The molecule has 0 atom stereocenters. The molecule has 2 aromatic carbocycles. The summed E-state index contributed by atoms with van der Waals surface area (Å²) in [6.07, 6.45) is 0. The van der Waals surface area contributed by atoms with Crippen molar-refractivity contribution in [2.24, 2.45) is 16.5 Å². The smallest absolute Gasteiger partial charge is 0.280 e. The quantitative estimate of drug-likeness (QED) is 0.348. The zero-order chi connectivity index (χ0) is 19.2. The third kappa shape index (κ3) is 4.89. The minimum Gasteiger partial charge on any atom is -0.370 e. The Morgan fingerprint density at radius 1 is 1.07 bits per heavy atom. The van der Waals surface area contributed by atoms with Crippen molar-refractivity contribution in [2.45, 2.75) is 0 Å². The number of rotatable bonds is 4. The highest BCUT2D eigenvalue weighted by molar-refractivity contribution is 7.14. The van der Waals surface area contributed by atoms with Crippen LogP contribution in [0.2, 0.25) is 0 Å². The summed E-state index contributed by atoms with van der Waals surface area (Å²) < 4.78 is 0. The van der Waals surface area contributed by atoms with Gasteiger partial charge in [0.05, 0.1) is 5.69 Å². The predicted molar refractivity (Wildman–Crippen MR) is 109 cm³/mol. The Morgan fingerprint density at radius 2 is 1.85 bits per heavy atom. The predicted octanol–water partition coefficient (Wildman–Crippen LogP) is 2.68. The number of nitrogens with zero attached hydrogens (tertiary/aromatic N) is 2. The molecule has 8 nitrogen and oxygen atoms in total. The lowest BCUT2D eigenvalue weighted by atomic mass is 10.1. The molecule has 0 spiro atoms. The summed E-state index contributed by atoms with van der Waals surface area (Å²) in [5, 5.41) is 15.2. The summed E-state index contributed by atoms with van der Waals surface area (Å²) in [5.41, 5.74) is 13.9. The van der Waals surface area contributed by atoms with Crippen molar-refractivity contribution in [3.63, 3.8) is 0 Å². The highest BCUT2D eigenvalue weighted by Crippen LogP contribution is 2.26. The fraction of sp³-hybridized carbons (Fsp3) is 0. The molecule has 0 aliphatic carbocycles. The van der Waals surface area contributed by atoms with Gasteiger partial charge in [0.15, 0.2) is 11.1 Å². The van der Waals surface area contributed by atoms with E-state index in [1.165, 1.54) is 11.3 Å². The largest absolute Gasteiger partial charge is 0.370 e. The van der Waals surface area contributed by atoms with E-state index in [0.717, 1.165) is 11.3 Å². The van der Waals surface area contributed by atoms with Crippen molar-refractivity contribution in [2.75, 3.05) is 10.6 Å². The molecule has 9 heteroatoms. The molecular weight excluding hydrogens is 362 g/mol. The SMILES string of the molecule is N=C(N)Nc1nc(-c2cccc(N/C(N)=N\C(=O)c3ccccc3)c2)cs1. The van der Waals surface area contributed by atoms with Gasteiger partial charge in [-0.3, -0.25) is 10.2 Å². The summed E-state index contributed by atoms with van der Waals surface area (Å²) in [5.74, 6) is -0.590. The zero-order valence-corrected chi connectivity index (χ0v) is 15.0. The molecule has 0 aliphatic heterocycles. The first-order valence-electron chi connectivity index (χ1n) is 7.89. The minimum atomic E-state index is -0.420. The van der Waals surface area contributed by atoms with E-state index in [1.54, 1.807) is 30.3 Å². The Labute approximate surface area is 159 Å². The highest BCUT2D eigenvalue weighted by Gasteiger charge is 2.08. The molecule has 0 aliphatic rings. The molecule has 0 saturated heterocycles. The molecule has 0 unspecified atom stereocenters. The van der Waals surface area contributed by atoms with Crippen LogP contribution >= 0.6 is 11.3 Å². The van der Waals surface area contributed by atoms with Crippen molar-refractivity contribution in [3.8, 4) is 11.3 Å². The van der Waals surface area contributed by atoms with E-state index < -0.39 is 5.91 Å². The summed E-state index contributed by atoms with van der Waals surface area (Å²) >= 11 is 1.34. The average Bonchev–Trinajstić information content (AvgIpc) is 3.10. The third-order valence-electron chi connectivity index (χ3n) is 3.42. The molecule has 1 heterocycles. The molecule has 0 fully saturated rings. The molecule has 136 valence electrons. The summed E-state index contributed by atoms with van der Waals surface area (Å²) in [7, 11) is 0. The molecule has 3 rings (SSSR count). The number of nitrogens with two attached hydrogens (primary N) is 2. The Kier molecular flexibility index (Phi) is 5.43. The van der Waals surface area contributed by atoms with E-state index in [9.17, 15) is 4.79 Å². The van der Waals surface area contributed by atoms with Crippen molar-refractivity contribution in [1.29, 1.82) is 5.41 Å². The number of anilines is 2. The molecule has 0 radical (unpaired) electrons. The van der Waals surface area contributed by atoms with Gasteiger partial charge < -0.3 is 22.1 Å². The lowest BCUT2D eigenvalue weighted by Gasteiger charge is -2.07.